The number of aryl methyl sites for hydroxylation is 1. The van der Waals surface area contributed by atoms with Crippen LogP contribution < -0.4 is 0 Å². The first kappa shape index (κ1) is 25.1. The number of alkyl halides is 1. The van der Waals surface area contributed by atoms with Crippen LogP contribution >= 0.6 is 0 Å². The molecule has 3 heteroatoms. The Morgan fingerprint density at radius 1 is 1.00 bits per heavy atom. The zero-order chi connectivity index (χ0) is 22.5. The molecule has 0 N–H and O–H groups in total. The zero-order valence-corrected chi connectivity index (χ0v) is 19.6. The standard InChI is InChI=1S/C26H36FN.C2H3N/c1-3-26(28(4-2)19-18-21-8-6-5-7-9-21)17-12-22-10-13-23(14-11-22)24-15-16-25(27)20-24;1-2-3/h5-11,13-14,24-26H,3-4,12,15-20H2,1-2H3;1H3. The molecule has 0 aliphatic heterocycles. The second kappa shape index (κ2) is 14.0. The maximum atomic E-state index is 13.5. The third-order valence-electron chi connectivity index (χ3n) is 6.51. The van der Waals surface area contributed by atoms with E-state index in [0.29, 0.717) is 18.4 Å². The van der Waals surface area contributed by atoms with Crippen molar-refractivity contribution in [1.82, 2.24) is 4.90 Å². The Bertz CT molecular complexity index is 766. The molecule has 0 amide bonds. The molecular weight excluding hydrogens is 383 g/mol. The molecule has 1 fully saturated rings. The smallest absolute Gasteiger partial charge is 0.101 e. The molecule has 1 aliphatic carbocycles. The average Bonchev–Trinajstić information content (AvgIpc) is 3.24. The first-order valence-electron chi connectivity index (χ1n) is 11.9. The fourth-order valence-electron chi connectivity index (χ4n) is 4.68. The van der Waals surface area contributed by atoms with Crippen molar-refractivity contribution in [1.29, 1.82) is 5.26 Å². The van der Waals surface area contributed by atoms with Crippen LogP contribution in [-0.4, -0.2) is 30.2 Å². The lowest BCUT2D eigenvalue weighted by Gasteiger charge is -2.30. The van der Waals surface area contributed by atoms with Crippen LogP contribution in [0.5, 0.6) is 0 Å². The second-order valence-electron chi connectivity index (χ2n) is 8.54. The Kier molecular flexibility index (Phi) is 11.3. The van der Waals surface area contributed by atoms with Crippen molar-refractivity contribution in [2.24, 2.45) is 0 Å². The van der Waals surface area contributed by atoms with Gasteiger partial charge in [-0.2, -0.15) is 5.26 Å². The van der Waals surface area contributed by atoms with E-state index >= 15 is 0 Å². The van der Waals surface area contributed by atoms with Gasteiger partial charge in [0.2, 0.25) is 0 Å². The van der Waals surface area contributed by atoms with Gasteiger partial charge in [-0.1, -0.05) is 68.4 Å². The number of hydrogen-bond acceptors (Lipinski definition) is 2. The summed E-state index contributed by atoms with van der Waals surface area (Å²) in [7, 11) is 0. The van der Waals surface area contributed by atoms with Crippen LogP contribution in [0, 0.1) is 11.3 Å². The van der Waals surface area contributed by atoms with Gasteiger partial charge in [0.1, 0.15) is 6.17 Å². The lowest BCUT2D eigenvalue weighted by molar-refractivity contribution is 0.193. The highest BCUT2D eigenvalue weighted by Gasteiger charge is 2.25. The summed E-state index contributed by atoms with van der Waals surface area (Å²) < 4.78 is 13.5. The lowest BCUT2D eigenvalue weighted by Crippen LogP contribution is -2.36. The van der Waals surface area contributed by atoms with Gasteiger partial charge in [-0.25, -0.2) is 4.39 Å². The summed E-state index contributed by atoms with van der Waals surface area (Å²) in [6.45, 7) is 8.26. The highest BCUT2D eigenvalue weighted by Crippen LogP contribution is 2.36. The van der Waals surface area contributed by atoms with E-state index in [9.17, 15) is 4.39 Å². The van der Waals surface area contributed by atoms with E-state index < -0.39 is 6.17 Å². The third kappa shape index (κ3) is 8.46. The molecule has 0 radical (unpaired) electrons. The molecule has 2 aromatic rings. The molecule has 2 nitrogen and oxygen atoms in total. The molecule has 0 heterocycles. The minimum atomic E-state index is -0.592. The van der Waals surface area contributed by atoms with Crippen LogP contribution in [0.1, 0.15) is 75.5 Å². The third-order valence-corrected chi connectivity index (χ3v) is 6.51. The highest BCUT2D eigenvalue weighted by atomic mass is 19.1. The summed E-state index contributed by atoms with van der Waals surface area (Å²) in [5.74, 6) is 0.431. The lowest BCUT2D eigenvalue weighted by atomic mass is 9.95. The molecule has 3 atom stereocenters. The van der Waals surface area contributed by atoms with Crippen LogP contribution in [-0.2, 0) is 12.8 Å². The topological polar surface area (TPSA) is 27.0 Å². The van der Waals surface area contributed by atoms with Gasteiger partial charge in [0, 0.05) is 19.5 Å². The number of benzene rings is 2. The van der Waals surface area contributed by atoms with E-state index in [0.717, 1.165) is 38.8 Å². The predicted octanol–water partition coefficient (Wildman–Crippen LogP) is 7.10. The Morgan fingerprint density at radius 2 is 1.65 bits per heavy atom. The Morgan fingerprint density at radius 3 is 2.19 bits per heavy atom. The van der Waals surface area contributed by atoms with E-state index in [4.69, 9.17) is 5.26 Å². The molecule has 0 saturated heterocycles. The van der Waals surface area contributed by atoms with Gasteiger partial charge in [0.05, 0.1) is 6.07 Å². The fourth-order valence-corrected chi connectivity index (χ4v) is 4.68. The molecule has 3 rings (SSSR count). The number of nitriles is 1. The summed E-state index contributed by atoms with van der Waals surface area (Å²) in [5.41, 5.74) is 4.17. The van der Waals surface area contributed by atoms with E-state index in [1.54, 1.807) is 6.07 Å². The maximum absolute atomic E-state index is 13.5. The molecule has 0 aromatic heterocycles. The SMILES string of the molecule is CC#N.CCC(CCc1ccc(C2CCC(F)C2)cc1)N(CC)CCc1ccccc1. The molecule has 3 unspecified atom stereocenters. The van der Waals surface area contributed by atoms with E-state index in [-0.39, 0.29) is 0 Å². The summed E-state index contributed by atoms with van der Waals surface area (Å²) in [4.78, 5) is 2.64. The second-order valence-corrected chi connectivity index (χ2v) is 8.54. The molecule has 1 saturated carbocycles. The largest absolute Gasteiger partial charge is 0.300 e. The Labute approximate surface area is 189 Å². The van der Waals surface area contributed by atoms with E-state index in [1.807, 2.05) is 0 Å². The number of hydrogen-bond donors (Lipinski definition) is 0. The maximum Gasteiger partial charge on any atom is 0.101 e. The van der Waals surface area contributed by atoms with Crippen molar-refractivity contribution in [3.63, 3.8) is 0 Å². The first-order chi connectivity index (χ1) is 15.1. The summed E-state index contributed by atoms with van der Waals surface area (Å²) in [6.07, 6.45) is 6.50. The van der Waals surface area contributed by atoms with Gasteiger partial charge in [-0.15, -0.1) is 0 Å². The minimum absolute atomic E-state index is 0.431. The van der Waals surface area contributed by atoms with E-state index in [1.165, 1.54) is 36.5 Å². The first-order valence-corrected chi connectivity index (χ1v) is 11.9. The van der Waals surface area contributed by atoms with Gasteiger partial charge < -0.3 is 4.90 Å². The van der Waals surface area contributed by atoms with Crippen molar-refractivity contribution >= 4 is 0 Å². The van der Waals surface area contributed by atoms with Crippen LogP contribution in [0.4, 0.5) is 4.39 Å². The number of nitrogens with zero attached hydrogens (tertiary/aromatic N) is 2. The van der Waals surface area contributed by atoms with Crippen molar-refractivity contribution in [2.75, 3.05) is 13.1 Å². The molecule has 1 aliphatic rings. The van der Waals surface area contributed by atoms with E-state index in [2.05, 4.69) is 73.3 Å². The number of likely N-dealkylation sites (N-methyl/N-ethyl adjacent to an activating group) is 1. The van der Waals surface area contributed by atoms with Crippen LogP contribution in [0.15, 0.2) is 54.6 Å². The zero-order valence-electron chi connectivity index (χ0n) is 19.6. The van der Waals surface area contributed by atoms with Gasteiger partial charge in [0.15, 0.2) is 0 Å². The molecule has 0 spiro atoms. The van der Waals surface area contributed by atoms with Crippen LogP contribution in [0.3, 0.4) is 0 Å². The summed E-state index contributed by atoms with van der Waals surface area (Å²) in [6, 6.07) is 22.2. The molecule has 31 heavy (non-hydrogen) atoms. The molecule has 2 aromatic carbocycles. The predicted molar refractivity (Wildman–Crippen MR) is 129 cm³/mol. The fraction of sp³-hybridized carbons (Fsp3) is 0.536. The average molecular weight is 423 g/mol. The summed E-state index contributed by atoms with van der Waals surface area (Å²) in [5, 5.41) is 7.32. The van der Waals surface area contributed by atoms with Gasteiger partial charge in [0.25, 0.3) is 0 Å². The van der Waals surface area contributed by atoms with Crippen LogP contribution in [0.25, 0.3) is 0 Å². The van der Waals surface area contributed by atoms with Crippen molar-refractivity contribution in [3.8, 4) is 6.07 Å². The monoisotopic (exact) mass is 422 g/mol. The van der Waals surface area contributed by atoms with Crippen LogP contribution in [0.2, 0.25) is 0 Å². The highest BCUT2D eigenvalue weighted by molar-refractivity contribution is 5.26. The molecule has 0 bridgehead atoms. The molecular formula is C28H39FN2. The normalized spacial score (nSPS) is 18.8. The van der Waals surface area contributed by atoms with Gasteiger partial charge in [-0.3, -0.25) is 0 Å². The minimum Gasteiger partial charge on any atom is -0.300 e. The molecule has 168 valence electrons. The number of halogens is 1. The van der Waals surface area contributed by atoms with Crippen molar-refractivity contribution < 1.29 is 4.39 Å². The number of rotatable bonds is 10. The van der Waals surface area contributed by atoms with Crippen molar-refractivity contribution in [3.05, 3.63) is 71.3 Å². The van der Waals surface area contributed by atoms with Gasteiger partial charge in [-0.05, 0) is 74.1 Å². The van der Waals surface area contributed by atoms with Gasteiger partial charge >= 0.3 is 0 Å². The quantitative estimate of drug-likeness (QED) is 0.408. The van der Waals surface area contributed by atoms with Crippen molar-refractivity contribution in [2.45, 2.75) is 83.8 Å². The Balaban J connectivity index is 0.00000107. The summed E-state index contributed by atoms with van der Waals surface area (Å²) >= 11 is 0. The Hall–Kier alpha value is -2.18.